The van der Waals surface area contributed by atoms with Gasteiger partial charge in [-0.1, -0.05) is 79.7 Å². The molecule has 0 saturated heterocycles. The highest BCUT2D eigenvalue weighted by Gasteiger charge is 2.16. The maximum atomic E-state index is 9.15. The molecule has 1 N–H and O–H groups in total. The Labute approximate surface area is 177 Å². The molecule has 0 atom stereocenters. The Morgan fingerprint density at radius 3 is 2.27 bits per heavy atom. The van der Waals surface area contributed by atoms with Crippen molar-refractivity contribution in [2.24, 2.45) is 5.16 Å². The summed E-state index contributed by atoms with van der Waals surface area (Å²) in [5.41, 5.74) is 2.79. The average molecular weight is 405 g/mol. The number of ether oxygens (including phenoxy) is 1. The van der Waals surface area contributed by atoms with Crippen molar-refractivity contribution in [3.05, 3.63) is 78.9 Å². The summed E-state index contributed by atoms with van der Waals surface area (Å²) in [6.45, 7) is 6.24. The third kappa shape index (κ3) is 5.58. The number of benzene rings is 2. The molecule has 0 amide bonds. The number of rotatable bonds is 9. The van der Waals surface area contributed by atoms with Gasteiger partial charge in [-0.15, -0.1) is 0 Å². The number of allylic oxidation sites excluding steroid dienone is 1. The van der Waals surface area contributed by atoms with E-state index in [1.165, 1.54) is 6.26 Å². The summed E-state index contributed by atoms with van der Waals surface area (Å²) in [6, 6.07) is 19.9. The molecule has 1 aromatic heterocycles. The van der Waals surface area contributed by atoms with Gasteiger partial charge in [-0.3, -0.25) is 4.90 Å². The van der Waals surface area contributed by atoms with Gasteiger partial charge in [0, 0.05) is 17.5 Å². The predicted octanol–water partition coefficient (Wildman–Crippen LogP) is 5.21. The zero-order valence-corrected chi connectivity index (χ0v) is 17.4. The smallest absolute Gasteiger partial charge is 0.244 e. The fourth-order valence-electron chi connectivity index (χ4n) is 3.04. The minimum Gasteiger partial charge on any atom is -0.447 e. The van der Waals surface area contributed by atoms with Crippen molar-refractivity contribution in [1.82, 2.24) is 9.88 Å². The van der Waals surface area contributed by atoms with Crippen molar-refractivity contribution >= 4 is 5.90 Å². The zero-order chi connectivity index (χ0) is 21.2. The average Bonchev–Trinajstić information content (AvgIpc) is 3.24. The molecule has 2 aromatic carbocycles. The fourth-order valence-corrected chi connectivity index (χ4v) is 3.04. The predicted molar refractivity (Wildman–Crippen MR) is 118 cm³/mol. The number of aromatic nitrogens is 1. The van der Waals surface area contributed by atoms with Gasteiger partial charge in [0.2, 0.25) is 5.90 Å². The van der Waals surface area contributed by atoms with E-state index >= 15 is 0 Å². The summed E-state index contributed by atoms with van der Waals surface area (Å²) in [5, 5.41) is 12.4. The summed E-state index contributed by atoms with van der Waals surface area (Å²) in [4.78, 5) is 6.80. The lowest BCUT2D eigenvalue weighted by Crippen LogP contribution is -2.30. The highest BCUT2D eigenvalue weighted by Crippen LogP contribution is 2.32. The van der Waals surface area contributed by atoms with E-state index in [0.29, 0.717) is 18.9 Å². The lowest BCUT2D eigenvalue weighted by Gasteiger charge is -2.17. The van der Waals surface area contributed by atoms with Gasteiger partial charge in [-0.25, -0.2) is 4.98 Å². The summed E-state index contributed by atoms with van der Waals surface area (Å²) in [7, 11) is 0. The first kappa shape index (κ1) is 21.3. The molecule has 0 aliphatic rings. The van der Waals surface area contributed by atoms with Crippen molar-refractivity contribution < 1.29 is 14.4 Å². The third-order valence-electron chi connectivity index (χ3n) is 4.71. The second-order valence-electron chi connectivity index (χ2n) is 6.67. The Morgan fingerprint density at radius 1 is 1.03 bits per heavy atom. The lowest BCUT2D eigenvalue weighted by molar-refractivity contribution is 0.270. The molecule has 3 rings (SSSR count). The number of hydrogen-bond acceptors (Lipinski definition) is 6. The van der Waals surface area contributed by atoms with Crippen LogP contribution in [0.15, 0.2) is 82.6 Å². The Kier molecular flexibility index (Phi) is 7.80. The van der Waals surface area contributed by atoms with E-state index in [2.05, 4.69) is 10.1 Å². The topological polar surface area (TPSA) is 71.1 Å². The summed E-state index contributed by atoms with van der Waals surface area (Å²) in [6.07, 6.45) is 3.76. The second-order valence-corrected chi connectivity index (χ2v) is 6.67. The van der Waals surface area contributed by atoms with Crippen LogP contribution in [0.4, 0.5) is 0 Å². The van der Waals surface area contributed by atoms with Gasteiger partial charge >= 0.3 is 0 Å². The quantitative estimate of drug-likeness (QED) is 0.174. The van der Waals surface area contributed by atoms with Gasteiger partial charge in [0.25, 0.3) is 0 Å². The second kappa shape index (κ2) is 11.0. The number of likely N-dealkylation sites (N-methyl/N-ethyl adjacent to an activating group) is 1. The SMILES string of the molecule is CCN(CC)CC(=NO)OC=CCc1nc(-c2ccccc2)c(-c2ccccc2)o1. The third-order valence-corrected chi connectivity index (χ3v) is 4.71. The first-order chi connectivity index (χ1) is 14.7. The van der Waals surface area contributed by atoms with Gasteiger partial charge in [0.05, 0.1) is 12.8 Å². The van der Waals surface area contributed by atoms with Crippen molar-refractivity contribution in [3.8, 4) is 22.6 Å². The van der Waals surface area contributed by atoms with Crippen molar-refractivity contribution in [1.29, 1.82) is 0 Å². The molecule has 0 bridgehead atoms. The highest BCUT2D eigenvalue weighted by molar-refractivity contribution is 5.78. The van der Waals surface area contributed by atoms with Crippen LogP contribution in [0.2, 0.25) is 0 Å². The summed E-state index contributed by atoms with van der Waals surface area (Å²) < 4.78 is 11.5. The molecule has 1 heterocycles. The lowest BCUT2D eigenvalue weighted by atomic mass is 10.1. The minimum absolute atomic E-state index is 0.248. The maximum absolute atomic E-state index is 9.15. The Morgan fingerprint density at radius 2 is 1.67 bits per heavy atom. The fraction of sp³-hybridized carbons (Fsp3) is 0.250. The van der Waals surface area contributed by atoms with E-state index < -0.39 is 0 Å². The molecule has 0 aliphatic heterocycles. The van der Waals surface area contributed by atoms with Crippen LogP contribution in [-0.4, -0.2) is 40.6 Å². The van der Waals surface area contributed by atoms with Crippen LogP contribution in [0, 0.1) is 0 Å². The van der Waals surface area contributed by atoms with Crippen LogP contribution >= 0.6 is 0 Å². The van der Waals surface area contributed by atoms with E-state index in [4.69, 9.17) is 19.3 Å². The van der Waals surface area contributed by atoms with E-state index in [1.54, 1.807) is 6.08 Å². The summed E-state index contributed by atoms with van der Waals surface area (Å²) in [5.74, 6) is 1.57. The van der Waals surface area contributed by atoms with Crippen molar-refractivity contribution in [3.63, 3.8) is 0 Å². The number of nitrogens with zero attached hydrogens (tertiary/aromatic N) is 3. The highest BCUT2D eigenvalue weighted by atomic mass is 16.5. The van der Waals surface area contributed by atoms with Gasteiger partial charge in [0.15, 0.2) is 11.7 Å². The molecule has 30 heavy (non-hydrogen) atoms. The van der Waals surface area contributed by atoms with Crippen LogP contribution in [0.5, 0.6) is 0 Å². The molecule has 0 unspecified atom stereocenters. The molecular weight excluding hydrogens is 378 g/mol. The summed E-state index contributed by atoms with van der Waals surface area (Å²) >= 11 is 0. The molecule has 0 radical (unpaired) electrons. The number of oxime groups is 1. The number of hydrogen-bond donors (Lipinski definition) is 1. The van der Waals surface area contributed by atoms with E-state index in [0.717, 1.165) is 35.7 Å². The van der Waals surface area contributed by atoms with Crippen LogP contribution in [0.1, 0.15) is 19.7 Å². The van der Waals surface area contributed by atoms with E-state index in [1.807, 2.05) is 74.5 Å². The van der Waals surface area contributed by atoms with Gasteiger partial charge in [-0.05, 0) is 19.2 Å². The normalized spacial score (nSPS) is 12.0. The molecule has 0 spiro atoms. The molecular formula is C24H27N3O3. The molecule has 3 aromatic rings. The Balaban J connectivity index is 1.74. The van der Waals surface area contributed by atoms with Crippen LogP contribution in [0.3, 0.4) is 0 Å². The molecule has 156 valence electrons. The first-order valence-corrected chi connectivity index (χ1v) is 10.1. The molecule has 0 fully saturated rings. The van der Waals surface area contributed by atoms with E-state index in [9.17, 15) is 0 Å². The Bertz CT molecular complexity index is 905. The molecule has 6 nitrogen and oxygen atoms in total. The first-order valence-electron chi connectivity index (χ1n) is 10.1. The van der Waals surface area contributed by atoms with Crippen LogP contribution < -0.4 is 0 Å². The Hall–Kier alpha value is -3.38. The van der Waals surface area contributed by atoms with Crippen LogP contribution in [-0.2, 0) is 11.2 Å². The van der Waals surface area contributed by atoms with Crippen molar-refractivity contribution in [2.45, 2.75) is 20.3 Å². The number of oxazole rings is 1. The minimum atomic E-state index is 0.248. The monoisotopic (exact) mass is 405 g/mol. The maximum Gasteiger partial charge on any atom is 0.244 e. The molecule has 6 heteroatoms. The largest absolute Gasteiger partial charge is 0.447 e. The van der Waals surface area contributed by atoms with E-state index in [-0.39, 0.29) is 5.90 Å². The standard InChI is InChI=1S/C24H27N3O3/c1-3-27(4-2)18-22(26-28)29-17-11-16-21-25-23(19-12-7-5-8-13-19)24(30-21)20-14-9-6-10-15-20/h5-15,17,28H,3-4,16,18H2,1-2H3. The van der Waals surface area contributed by atoms with Gasteiger partial charge < -0.3 is 14.4 Å². The van der Waals surface area contributed by atoms with Crippen LogP contribution in [0.25, 0.3) is 22.6 Å². The van der Waals surface area contributed by atoms with Gasteiger partial charge in [-0.2, -0.15) is 0 Å². The zero-order valence-electron chi connectivity index (χ0n) is 17.4. The van der Waals surface area contributed by atoms with Crippen molar-refractivity contribution in [2.75, 3.05) is 19.6 Å². The molecule has 0 aliphatic carbocycles. The molecule has 0 saturated carbocycles. The van der Waals surface area contributed by atoms with Gasteiger partial charge in [0.1, 0.15) is 5.69 Å².